The molecule has 4 heterocycles. The van der Waals surface area contributed by atoms with E-state index in [0.717, 1.165) is 38.9 Å². The summed E-state index contributed by atoms with van der Waals surface area (Å²) >= 11 is 0. The molecule has 7 rings (SSSR count). The van der Waals surface area contributed by atoms with E-state index < -0.39 is 20.9 Å². The molecule has 0 unspecified atom stereocenters. The Bertz CT molecular complexity index is 2220. The summed E-state index contributed by atoms with van der Waals surface area (Å²) in [6.45, 7) is 11.1. The van der Waals surface area contributed by atoms with E-state index >= 15 is 0 Å². The number of pyridine rings is 3. The Balaban J connectivity index is 0.000000204. The van der Waals surface area contributed by atoms with Gasteiger partial charge < -0.3 is 14.4 Å². The van der Waals surface area contributed by atoms with E-state index in [4.69, 9.17) is 8.53 Å². The summed E-state index contributed by atoms with van der Waals surface area (Å²) in [5, 5.41) is 2.95. The normalized spacial score (nSPS) is 12.4. The smallest absolute Gasteiger partial charge is 0.218 e. The molecule has 47 heavy (non-hydrogen) atoms. The summed E-state index contributed by atoms with van der Waals surface area (Å²) in [7, 11) is -1.34. The number of fused-ring (bicyclic) bond motifs is 3. The molecule has 0 N–H and O–H groups in total. The molecular formula is C40H36FIrN3OSi-2. The Kier molecular flexibility index (Phi) is 8.84. The Hall–Kier alpha value is -4.29. The van der Waals surface area contributed by atoms with Crippen LogP contribution in [0.3, 0.4) is 0 Å². The van der Waals surface area contributed by atoms with Gasteiger partial charge in [-0.25, -0.2) is 0 Å². The largest absolute Gasteiger partial charge is 0.486 e. The van der Waals surface area contributed by atoms with Crippen molar-refractivity contribution < 1.29 is 33.0 Å². The number of hydrogen-bond donors (Lipinski definition) is 0. The minimum Gasteiger partial charge on any atom is -0.486 e. The molecule has 0 spiro atoms. The topological polar surface area (TPSA) is 51.8 Å². The number of halogens is 1. The van der Waals surface area contributed by atoms with Crippen LogP contribution in [0.4, 0.5) is 4.39 Å². The summed E-state index contributed by atoms with van der Waals surface area (Å²) in [6.07, 6.45) is 3.73. The van der Waals surface area contributed by atoms with Crippen molar-refractivity contribution in [3.05, 3.63) is 132 Å². The second kappa shape index (κ2) is 13.8. The second-order valence-electron chi connectivity index (χ2n) is 12.6. The molecule has 1 radical (unpaired) electrons. The first-order chi connectivity index (χ1) is 23.2. The number of furan rings is 1. The number of rotatable bonds is 4. The van der Waals surface area contributed by atoms with Crippen LogP contribution < -0.4 is 5.19 Å². The van der Waals surface area contributed by atoms with E-state index in [2.05, 4.69) is 91.8 Å². The molecule has 3 aromatic carbocycles. The molecule has 0 saturated carbocycles. The van der Waals surface area contributed by atoms with Gasteiger partial charge in [-0.3, -0.25) is 0 Å². The summed E-state index contributed by atoms with van der Waals surface area (Å²) in [5.74, 6) is -0.562. The zero-order valence-electron chi connectivity index (χ0n) is 30.1. The standard InChI is InChI=1S/C25H18FN2O.C15H18NSi.Ir/c1-14-11-15(2)23(16(3)12-14)17-9-10-27-21(13-17)20-6-4-5-18-19-7-8-22(26)28-25(19)29-24(18)20;1-12-5-7-13(8-6-12)15-10-9-14(11-16-15)17(2,3)4;/h4-5,7-13H,1-3H3;5-7,9-11H,1-4H3;/q2*-1;/i;1D3;. The Morgan fingerprint density at radius 3 is 2.26 bits per heavy atom. The summed E-state index contributed by atoms with van der Waals surface area (Å²) in [5.41, 5.74) is 10.3. The molecule has 0 amide bonds. The zero-order chi connectivity index (χ0) is 35.1. The molecule has 7 heteroatoms. The number of aromatic nitrogens is 3. The van der Waals surface area contributed by atoms with E-state index in [-0.39, 0.29) is 25.8 Å². The number of nitrogens with zero attached hydrogens (tertiary/aromatic N) is 3. The van der Waals surface area contributed by atoms with Crippen LogP contribution in [0, 0.1) is 45.7 Å². The maximum atomic E-state index is 13.5. The van der Waals surface area contributed by atoms with Gasteiger partial charge in [0.25, 0.3) is 0 Å². The van der Waals surface area contributed by atoms with Crippen LogP contribution in [-0.4, -0.2) is 23.0 Å². The average molecular weight is 817 g/mol. The second-order valence-corrected chi connectivity index (χ2v) is 17.6. The fourth-order valence-electron chi connectivity index (χ4n) is 5.73. The van der Waals surface area contributed by atoms with E-state index in [9.17, 15) is 4.39 Å². The van der Waals surface area contributed by atoms with Crippen molar-refractivity contribution in [1.29, 1.82) is 0 Å². The predicted octanol–water partition coefficient (Wildman–Crippen LogP) is 9.97. The Morgan fingerprint density at radius 2 is 1.60 bits per heavy atom. The fourth-order valence-corrected chi connectivity index (χ4v) is 6.76. The minimum absolute atomic E-state index is 0. The molecule has 0 aliphatic carbocycles. The molecule has 4 nitrogen and oxygen atoms in total. The average Bonchev–Trinajstić information content (AvgIpc) is 3.42. The van der Waals surface area contributed by atoms with Gasteiger partial charge in [-0.1, -0.05) is 73.3 Å². The number of aryl methyl sites for hydroxylation is 4. The van der Waals surface area contributed by atoms with E-state index in [0.29, 0.717) is 11.1 Å². The van der Waals surface area contributed by atoms with Crippen molar-refractivity contribution in [2.75, 3.05) is 0 Å². The van der Waals surface area contributed by atoms with E-state index in [1.807, 2.05) is 30.5 Å². The van der Waals surface area contributed by atoms with Crippen molar-refractivity contribution in [3.63, 3.8) is 0 Å². The third-order valence-corrected chi connectivity index (χ3v) is 9.99. The van der Waals surface area contributed by atoms with Crippen molar-refractivity contribution in [2.24, 2.45) is 0 Å². The van der Waals surface area contributed by atoms with Crippen LogP contribution in [0.5, 0.6) is 0 Å². The zero-order valence-corrected chi connectivity index (χ0v) is 30.5. The van der Waals surface area contributed by atoms with Crippen molar-refractivity contribution in [3.8, 4) is 33.6 Å². The molecule has 0 atom stereocenters. The van der Waals surface area contributed by atoms with Crippen molar-refractivity contribution in [2.45, 2.75) is 47.3 Å². The maximum absolute atomic E-state index is 13.5. The van der Waals surface area contributed by atoms with Gasteiger partial charge in [-0.15, -0.1) is 53.6 Å². The van der Waals surface area contributed by atoms with Crippen LogP contribution >= 0.6 is 0 Å². The summed E-state index contributed by atoms with van der Waals surface area (Å²) in [6, 6.07) is 30.5. The van der Waals surface area contributed by atoms with Gasteiger partial charge in [-0.2, -0.15) is 9.37 Å². The quantitative estimate of drug-likeness (QED) is 0.101. The van der Waals surface area contributed by atoms with Crippen LogP contribution in [-0.2, 0) is 20.1 Å². The molecule has 0 bridgehead atoms. The molecule has 0 fully saturated rings. The number of hydrogen-bond acceptors (Lipinski definition) is 4. The minimum atomic E-state index is -2.08. The third-order valence-electron chi connectivity index (χ3n) is 7.96. The monoisotopic (exact) mass is 817 g/mol. The molecule has 239 valence electrons. The first-order valence-corrected chi connectivity index (χ1v) is 18.6. The van der Waals surface area contributed by atoms with Gasteiger partial charge in [0.15, 0.2) is 0 Å². The van der Waals surface area contributed by atoms with E-state index in [1.165, 1.54) is 39.6 Å². The molecular weight excluding hydrogens is 778 g/mol. The SMILES string of the molecule is Cc1cc(C)c(-c2ccnc(-c3[c-]ccc4c3oc3nc(F)ccc34)c2)c(C)c1.[2H]C([2H])([2H])c1c[c-]c(-c2ccc([Si](C)(C)C)cn2)cc1.[Ir]. The number of benzene rings is 3. The first kappa shape index (κ1) is 30.1. The molecule has 0 saturated heterocycles. The Morgan fingerprint density at radius 1 is 0.809 bits per heavy atom. The molecule has 0 aliphatic rings. The van der Waals surface area contributed by atoms with Gasteiger partial charge >= 0.3 is 0 Å². The summed E-state index contributed by atoms with van der Waals surface area (Å²) < 4.78 is 41.5. The predicted molar refractivity (Wildman–Crippen MR) is 189 cm³/mol. The van der Waals surface area contributed by atoms with Crippen molar-refractivity contribution >= 4 is 35.3 Å². The van der Waals surface area contributed by atoms with Gasteiger partial charge in [-0.05, 0) is 77.8 Å². The van der Waals surface area contributed by atoms with Gasteiger partial charge in [0.1, 0.15) is 0 Å². The first-order valence-electron chi connectivity index (χ1n) is 16.6. The van der Waals surface area contributed by atoms with Crippen LogP contribution in [0.2, 0.25) is 19.6 Å². The van der Waals surface area contributed by atoms with Gasteiger partial charge in [0.05, 0.1) is 13.7 Å². The molecule has 4 aromatic heterocycles. The van der Waals surface area contributed by atoms with Crippen molar-refractivity contribution in [1.82, 2.24) is 15.0 Å². The van der Waals surface area contributed by atoms with Crippen LogP contribution in [0.15, 0.2) is 95.7 Å². The maximum Gasteiger partial charge on any atom is 0.218 e. The Labute approximate surface area is 294 Å². The fraction of sp³-hybridized carbons (Fsp3) is 0.175. The van der Waals surface area contributed by atoms with Gasteiger partial charge in [0.2, 0.25) is 11.7 Å². The van der Waals surface area contributed by atoms with Crippen LogP contribution in [0.25, 0.3) is 55.7 Å². The molecule has 0 aliphatic heterocycles. The van der Waals surface area contributed by atoms with Gasteiger partial charge in [0, 0.05) is 42.0 Å². The van der Waals surface area contributed by atoms with E-state index in [1.54, 1.807) is 24.4 Å². The summed E-state index contributed by atoms with van der Waals surface area (Å²) in [4.78, 5) is 12.9. The third kappa shape index (κ3) is 7.33. The molecule has 7 aromatic rings. The van der Waals surface area contributed by atoms with Crippen LogP contribution in [0.1, 0.15) is 26.4 Å².